The van der Waals surface area contributed by atoms with E-state index in [0.29, 0.717) is 18.0 Å². The molecule has 0 spiro atoms. The van der Waals surface area contributed by atoms with Crippen molar-refractivity contribution in [2.45, 2.75) is 6.92 Å². The first kappa shape index (κ1) is 9.90. The van der Waals surface area contributed by atoms with Crippen LogP contribution in [0, 0.1) is 0 Å². The molecule has 0 fully saturated rings. The van der Waals surface area contributed by atoms with Gasteiger partial charge in [-0.15, -0.1) is 0 Å². The van der Waals surface area contributed by atoms with Gasteiger partial charge in [-0.05, 0) is 21.0 Å². The van der Waals surface area contributed by atoms with Crippen LogP contribution in [0.1, 0.15) is 6.92 Å². The second-order valence-electron chi connectivity index (χ2n) is 2.47. The molecule has 11 heavy (non-hydrogen) atoms. The van der Waals surface area contributed by atoms with Gasteiger partial charge >= 0.3 is 0 Å². The first-order valence-corrected chi connectivity index (χ1v) is 3.16. The van der Waals surface area contributed by atoms with Gasteiger partial charge in [-0.2, -0.15) is 0 Å². The molecule has 5 heteroatoms. The van der Waals surface area contributed by atoms with Crippen molar-refractivity contribution in [3.63, 3.8) is 0 Å². The van der Waals surface area contributed by atoms with Crippen LogP contribution in [-0.2, 0) is 0 Å². The van der Waals surface area contributed by atoms with Gasteiger partial charge in [0.15, 0.2) is 0 Å². The summed E-state index contributed by atoms with van der Waals surface area (Å²) < 4.78 is 0. The van der Waals surface area contributed by atoms with Crippen LogP contribution in [0.4, 0.5) is 0 Å². The van der Waals surface area contributed by atoms with E-state index in [1.807, 2.05) is 19.0 Å². The van der Waals surface area contributed by atoms with E-state index in [-0.39, 0.29) is 0 Å². The van der Waals surface area contributed by atoms with Crippen LogP contribution in [0.5, 0.6) is 0 Å². The average Bonchev–Trinajstić information content (AvgIpc) is 1.98. The second kappa shape index (κ2) is 4.68. The molecular formula is C6H13N3O2. The zero-order chi connectivity index (χ0) is 8.85. The Morgan fingerprint density at radius 2 is 1.82 bits per heavy atom. The SMILES string of the molecule is CC(=N/O)/C(CN(C)C)=N\O. The molecule has 0 aliphatic rings. The Balaban J connectivity index is 4.21. The maximum atomic E-state index is 8.45. The van der Waals surface area contributed by atoms with E-state index in [4.69, 9.17) is 10.4 Å². The molecule has 0 aliphatic heterocycles. The molecule has 0 bridgehead atoms. The summed E-state index contributed by atoms with van der Waals surface area (Å²) in [4.78, 5) is 1.81. The van der Waals surface area contributed by atoms with Crippen molar-refractivity contribution in [1.82, 2.24) is 4.90 Å². The lowest BCUT2D eigenvalue weighted by molar-refractivity contribution is 0.310. The lowest BCUT2D eigenvalue weighted by Crippen LogP contribution is -2.26. The minimum atomic E-state index is 0.321. The van der Waals surface area contributed by atoms with Crippen LogP contribution in [0.3, 0.4) is 0 Å². The predicted molar refractivity (Wildman–Crippen MR) is 42.7 cm³/mol. The fourth-order valence-corrected chi connectivity index (χ4v) is 0.576. The molecule has 0 saturated heterocycles. The standard InChI is InChI=1S/C6H13N3O2/c1-5(7-10)6(8-11)4-9(2)3/h10-11H,4H2,1-3H3/b7-5-,8-6-. The highest BCUT2D eigenvalue weighted by molar-refractivity contribution is 6.41. The molecule has 0 unspecified atom stereocenters. The summed E-state index contributed by atoms with van der Waals surface area (Å²) in [5.41, 5.74) is 0.679. The van der Waals surface area contributed by atoms with Crippen molar-refractivity contribution in [2.75, 3.05) is 20.6 Å². The summed E-state index contributed by atoms with van der Waals surface area (Å²) in [7, 11) is 3.66. The van der Waals surface area contributed by atoms with Gasteiger partial charge in [-0.1, -0.05) is 10.3 Å². The number of hydrogen-bond donors (Lipinski definition) is 2. The van der Waals surface area contributed by atoms with Crippen LogP contribution < -0.4 is 0 Å². The van der Waals surface area contributed by atoms with E-state index in [2.05, 4.69) is 10.3 Å². The van der Waals surface area contributed by atoms with Crippen molar-refractivity contribution >= 4 is 11.4 Å². The molecular weight excluding hydrogens is 146 g/mol. The Kier molecular flexibility index (Phi) is 4.21. The van der Waals surface area contributed by atoms with E-state index >= 15 is 0 Å². The third-order valence-corrected chi connectivity index (χ3v) is 1.15. The van der Waals surface area contributed by atoms with Gasteiger partial charge in [-0.25, -0.2) is 0 Å². The quantitative estimate of drug-likeness (QED) is 0.352. The summed E-state index contributed by atoms with van der Waals surface area (Å²) in [5, 5.41) is 22.7. The van der Waals surface area contributed by atoms with Crippen molar-refractivity contribution in [2.24, 2.45) is 10.3 Å². The van der Waals surface area contributed by atoms with Gasteiger partial charge in [-0.3, -0.25) is 0 Å². The zero-order valence-electron chi connectivity index (χ0n) is 6.94. The van der Waals surface area contributed by atoms with Crippen LogP contribution in [0.15, 0.2) is 10.3 Å². The minimum absolute atomic E-state index is 0.321. The summed E-state index contributed by atoms with van der Waals surface area (Å²) >= 11 is 0. The summed E-state index contributed by atoms with van der Waals surface area (Å²) in [5.74, 6) is 0. The average molecular weight is 159 g/mol. The molecule has 0 heterocycles. The van der Waals surface area contributed by atoms with E-state index < -0.39 is 0 Å². The molecule has 64 valence electrons. The summed E-state index contributed by atoms with van der Waals surface area (Å²) in [6.07, 6.45) is 0. The maximum Gasteiger partial charge on any atom is 0.118 e. The topological polar surface area (TPSA) is 68.4 Å². The highest BCUT2D eigenvalue weighted by Crippen LogP contribution is 1.86. The van der Waals surface area contributed by atoms with Gasteiger partial charge in [0.25, 0.3) is 0 Å². The van der Waals surface area contributed by atoms with E-state index in [0.717, 1.165) is 0 Å². The summed E-state index contributed by atoms with van der Waals surface area (Å²) in [6, 6.07) is 0. The Morgan fingerprint density at radius 3 is 2.09 bits per heavy atom. The molecule has 0 aromatic rings. The number of rotatable bonds is 3. The second-order valence-corrected chi connectivity index (χ2v) is 2.47. The lowest BCUT2D eigenvalue weighted by Gasteiger charge is -2.08. The normalized spacial score (nSPS) is 14.2. The largest absolute Gasteiger partial charge is 0.411 e. The van der Waals surface area contributed by atoms with Gasteiger partial charge in [0.1, 0.15) is 11.4 Å². The smallest absolute Gasteiger partial charge is 0.118 e. The molecule has 0 aromatic carbocycles. The maximum absolute atomic E-state index is 8.45. The van der Waals surface area contributed by atoms with Crippen molar-refractivity contribution in [3.05, 3.63) is 0 Å². The Bertz CT molecular complexity index is 175. The number of oxime groups is 2. The number of nitrogens with zero attached hydrogens (tertiary/aromatic N) is 3. The zero-order valence-corrected chi connectivity index (χ0v) is 6.94. The fraction of sp³-hybridized carbons (Fsp3) is 0.667. The van der Waals surface area contributed by atoms with Crippen molar-refractivity contribution in [3.8, 4) is 0 Å². The molecule has 0 aliphatic carbocycles. The first-order valence-electron chi connectivity index (χ1n) is 3.16. The Hall–Kier alpha value is -1.10. The van der Waals surface area contributed by atoms with Crippen LogP contribution in [0.2, 0.25) is 0 Å². The van der Waals surface area contributed by atoms with E-state index in [1.165, 1.54) is 0 Å². The fourth-order valence-electron chi connectivity index (χ4n) is 0.576. The lowest BCUT2D eigenvalue weighted by atomic mass is 10.2. The molecule has 0 aromatic heterocycles. The van der Waals surface area contributed by atoms with Crippen LogP contribution in [-0.4, -0.2) is 47.4 Å². The van der Waals surface area contributed by atoms with E-state index in [9.17, 15) is 0 Å². The van der Waals surface area contributed by atoms with Gasteiger partial charge < -0.3 is 15.3 Å². The third kappa shape index (κ3) is 3.57. The Morgan fingerprint density at radius 1 is 1.27 bits per heavy atom. The molecule has 5 nitrogen and oxygen atoms in total. The van der Waals surface area contributed by atoms with E-state index in [1.54, 1.807) is 6.92 Å². The van der Waals surface area contributed by atoms with Crippen LogP contribution in [0.25, 0.3) is 0 Å². The minimum Gasteiger partial charge on any atom is -0.411 e. The van der Waals surface area contributed by atoms with Gasteiger partial charge in [0, 0.05) is 6.54 Å². The highest BCUT2D eigenvalue weighted by Gasteiger charge is 2.05. The van der Waals surface area contributed by atoms with Gasteiger partial charge in [0.2, 0.25) is 0 Å². The third-order valence-electron chi connectivity index (χ3n) is 1.15. The molecule has 0 saturated carbocycles. The molecule has 2 N–H and O–H groups in total. The molecule has 0 radical (unpaired) electrons. The predicted octanol–water partition coefficient (Wildman–Crippen LogP) is 0.228. The first-order chi connectivity index (χ1) is 5.11. The monoisotopic (exact) mass is 159 g/mol. The van der Waals surface area contributed by atoms with Crippen molar-refractivity contribution < 1.29 is 10.4 Å². The Labute approximate surface area is 65.6 Å². The number of hydrogen-bond acceptors (Lipinski definition) is 5. The molecule has 0 amide bonds. The highest BCUT2D eigenvalue weighted by atomic mass is 16.4. The molecule has 0 atom stereocenters. The summed E-state index contributed by atoms with van der Waals surface area (Å²) in [6.45, 7) is 2.02. The molecule has 0 rings (SSSR count). The van der Waals surface area contributed by atoms with Crippen molar-refractivity contribution in [1.29, 1.82) is 0 Å². The van der Waals surface area contributed by atoms with Crippen LogP contribution >= 0.6 is 0 Å². The van der Waals surface area contributed by atoms with Gasteiger partial charge in [0.05, 0.1) is 0 Å².